The topological polar surface area (TPSA) is 72.2 Å². The standard InChI is InChI=1S/C22H27N5O2/c1-25-15-16(18-8-3-4-9-19(18)25)13-21(28)23-14-17-7-5-6-12-27(17)20-10-11-22(29)26(2)24-20/h3-4,8-11,15,17H,5-7,12-14H2,1-2H3,(H,23,28). The molecule has 1 unspecified atom stereocenters. The molecule has 7 heteroatoms. The zero-order valence-electron chi connectivity index (χ0n) is 17.0. The zero-order valence-corrected chi connectivity index (χ0v) is 17.0. The van der Waals surface area contributed by atoms with E-state index in [2.05, 4.69) is 32.0 Å². The summed E-state index contributed by atoms with van der Waals surface area (Å²) in [7, 11) is 3.67. The van der Waals surface area contributed by atoms with Crippen molar-refractivity contribution in [2.24, 2.45) is 14.1 Å². The van der Waals surface area contributed by atoms with Crippen LogP contribution in [-0.2, 0) is 25.3 Å². The van der Waals surface area contributed by atoms with Crippen LogP contribution in [0.5, 0.6) is 0 Å². The van der Waals surface area contributed by atoms with Gasteiger partial charge in [-0.2, -0.15) is 5.10 Å². The fourth-order valence-corrected chi connectivity index (χ4v) is 4.19. The fourth-order valence-electron chi connectivity index (χ4n) is 4.19. The molecule has 1 fully saturated rings. The number of nitrogens with zero attached hydrogens (tertiary/aromatic N) is 4. The number of anilines is 1. The monoisotopic (exact) mass is 393 g/mol. The maximum absolute atomic E-state index is 12.7. The van der Waals surface area contributed by atoms with Crippen LogP contribution in [-0.4, -0.2) is 39.4 Å². The largest absolute Gasteiger partial charge is 0.354 e. The van der Waals surface area contributed by atoms with E-state index in [0.717, 1.165) is 48.1 Å². The third-order valence-corrected chi connectivity index (χ3v) is 5.73. The van der Waals surface area contributed by atoms with Gasteiger partial charge in [-0.15, -0.1) is 0 Å². The summed E-state index contributed by atoms with van der Waals surface area (Å²) in [5.41, 5.74) is 2.06. The van der Waals surface area contributed by atoms with Crippen LogP contribution in [0.1, 0.15) is 24.8 Å². The van der Waals surface area contributed by atoms with Gasteiger partial charge in [-0.1, -0.05) is 18.2 Å². The van der Waals surface area contributed by atoms with Crippen LogP contribution in [0.4, 0.5) is 5.82 Å². The maximum Gasteiger partial charge on any atom is 0.266 e. The van der Waals surface area contributed by atoms with Gasteiger partial charge >= 0.3 is 0 Å². The smallest absolute Gasteiger partial charge is 0.266 e. The van der Waals surface area contributed by atoms with Gasteiger partial charge in [0, 0.05) is 56.4 Å². The van der Waals surface area contributed by atoms with E-state index in [1.54, 1.807) is 19.2 Å². The Kier molecular flexibility index (Phi) is 5.38. The molecule has 1 aromatic carbocycles. The number of aryl methyl sites for hydroxylation is 2. The van der Waals surface area contributed by atoms with Gasteiger partial charge in [0.15, 0.2) is 0 Å². The first kappa shape index (κ1) is 19.2. The molecule has 3 heterocycles. The molecule has 1 aliphatic heterocycles. The van der Waals surface area contributed by atoms with Crippen molar-refractivity contribution in [3.05, 3.63) is 58.5 Å². The maximum atomic E-state index is 12.7. The molecule has 4 rings (SSSR count). The number of rotatable bonds is 5. The average Bonchev–Trinajstić information content (AvgIpc) is 3.04. The molecule has 1 atom stereocenters. The fraction of sp³-hybridized carbons (Fsp3) is 0.409. The number of benzene rings is 1. The number of aromatic nitrogens is 3. The number of hydrogen-bond donors (Lipinski definition) is 1. The molecule has 3 aromatic rings. The molecule has 1 aliphatic rings. The van der Waals surface area contributed by atoms with E-state index in [1.807, 2.05) is 25.4 Å². The molecule has 1 N–H and O–H groups in total. The number of piperidine rings is 1. The molecule has 152 valence electrons. The molecule has 29 heavy (non-hydrogen) atoms. The predicted octanol–water partition coefficient (Wildman–Crippen LogP) is 1.99. The highest BCUT2D eigenvalue weighted by molar-refractivity contribution is 5.89. The second kappa shape index (κ2) is 8.11. The van der Waals surface area contributed by atoms with Gasteiger partial charge in [-0.05, 0) is 37.0 Å². The van der Waals surface area contributed by atoms with Crippen LogP contribution in [0.15, 0.2) is 47.4 Å². The highest BCUT2D eigenvalue weighted by Gasteiger charge is 2.24. The van der Waals surface area contributed by atoms with Crippen molar-refractivity contribution in [3.63, 3.8) is 0 Å². The number of amides is 1. The van der Waals surface area contributed by atoms with Gasteiger partial charge in [0.05, 0.1) is 6.42 Å². The second-order valence-electron chi connectivity index (χ2n) is 7.76. The van der Waals surface area contributed by atoms with Gasteiger partial charge in [0.1, 0.15) is 5.82 Å². The number of fused-ring (bicyclic) bond motifs is 1. The van der Waals surface area contributed by atoms with E-state index < -0.39 is 0 Å². The number of hydrogen-bond acceptors (Lipinski definition) is 4. The lowest BCUT2D eigenvalue weighted by atomic mass is 10.0. The van der Waals surface area contributed by atoms with Crippen molar-refractivity contribution in [2.45, 2.75) is 31.7 Å². The lowest BCUT2D eigenvalue weighted by molar-refractivity contribution is -0.120. The molecule has 0 aliphatic carbocycles. The summed E-state index contributed by atoms with van der Waals surface area (Å²) in [6, 6.07) is 11.7. The average molecular weight is 393 g/mol. The summed E-state index contributed by atoms with van der Waals surface area (Å²) in [6.07, 6.45) is 5.62. The Labute approximate surface area is 169 Å². The molecule has 0 bridgehead atoms. The van der Waals surface area contributed by atoms with Gasteiger partial charge in [-0.25, -0.2) is 4.68 Å². The molecule has 1 saturated heterocycles. The molecule has 0 radical (unpaired) electrons. The van der Waals surface area contributed by atoms with Gasteiger partial charge in [0.2, 0.25) is 5.91 Å². The minimum atomic E-state index is -0.120. The van der Waals surface area contributed by atoms with Crippen LogP contribution < -0.4 is 15.8 Å². The summed E-state index contributed by atoms with van der Waals surface area (Å²) in [6.45, 7) is 1.46. The predicted molar refractivity (Wildman–Crippen MR) is 114 cm³/mol. The van der Waals surface area contributed by atoms with E-state index in [0.29, 0.717) is 13.0 Å². The minimum absolute atomic E-state index is 0.0281. The van der Waals surface area contributed by atoms with Crippen LogP contribution in [0.3, 0.4) is 0 Å². The first-order valence-corrected chi connectivity index (χ1v) is 10.1. The Morgan fingerprint density at radius 2 is 2.00 bits per heavy atom. The van der Waals surface area contributed by atoms with Crippen molar-refractivity contribution < 1.29 is 4.79 Å². The van der Waals surface area contributed by atoms with E-state index in [-0.39, 0.29) is 17.5 Å². The lowest BCUT2D eigenvalue weighted by Gasteiger charge is -2.36. The van der Waals surface area contributed by atoms with E-state index >= 15 is 0 Å². The van der Waals surface area contributed by atoms with Crippen LogP contribution in [0, 0.1) is 0 Å². The van der Waals surface area contributed by atoms with Crippen LogP contribution in [0.25, 0.3) is 10.9 Å². The Balaban J connectivity index is 1.43. The lowest BCUT2D eigenvalue weighted by Crippen LogP contribution is -2.47. The molecule has 2 aromatic heterocycles. The number of carbonyl (C=O) groups excluding carboxylic acids is 1. The number of para-hydroxylation sites is 1. The van der Waals surface area contributed by atoms with E-state index in [1.165, 1.54) is 4.68 Å². The summed E-state index contributed by atoms with van der Waals surface area (Å²) in [4.78, 5) is 26.5. The molecular formula is C22H27N5O2. The zero-order chi connectivity index (χ0) is 20.4. The number of carbonyl (C=O) groups is 1. The Morgan fingerprint density at radius 3 is 2.83 bits per heavy atom. The number of nitrogens with one attached hydrogen (secondary N) is 1. The Bertz CT molecular complexity index is 1080. The molecular weight excluding hydrogens is 366 g/mol. The van der Waals surface area contributed by atoms with Crippen molar-refractivity contribution in [1.82, 2.24) is 19.7 Å². The van der Waals surface area contributed by atoms with E-state index in [4.69, 9.17) is 0 Å². The molecule has 0 spiro atoms. The van der Waals surface area contributed by atoms with Crippen LogP contribution >= 0.6 is 0 Å². The van der Waals surface area contributed by atoms with Gasteiger partial charge in [0.25, 0.3) is 5.56 Å². The van der Waals surface area contributed by atoms with Gasteiger partial charge < -0.3 is 14.8 Å². The summed E-state index contributed by atoms with van der Waals surface area (Å²) >= 11 is 0. The normalized spacial score (nSPS) is 16.9. The second-order valence-corrected chi connectivity index (χ2v) is 7.76. The highest BCUT2D eigenvalue weighted by Crippen LogP contribution is 2.23. The first-order valence-electron chi connectivity index (χ1n) is 10.1. The van der Waals surface area contributed by atoms with E-state index in [9.17, 15) is 9.59 Å². The van der Waals surface area contributed by atoms with Crippen molar-refractivity contribution in [2.75, 3.05) is 18.0 Å². The summed E-state index contributed by atoms with van der Waals surface area (Å²) in [5, 5.41) is 8.63. The molecule has 0 saturated carbocycles. The minimum Gasteiger partial charge on any atom is -0.354 e. The van der Waals surface area contributed by atoms with Gasteiger partial charge in [-0.3, -0.25) is 9.59 Å². The Hall–Kier alpha value is -3.09. The molecule has 1 amide bonds. The van der Waals surface area contributed by atoms with Crippen molar-refractivity contribution >= 4 is 22.6 Å². The highest BCUT2D eigenvalue weighted by atomic mass is 16.1. The van der Waals surface area contributed by atoms with Crippen molar-refractivity contribution in [3.8, 4) is 0 Å². The summed E-state index contributed by atoms with van der Waals surface area (Å²) in [5.74, 6) is 0.820. The third-order valence-electron chi connectivity index (χ3n) is 5.73. The summed E-state index contributed by atoms with van der Waals surface area (Å²) < 4.78 is 3.42. The first-order chi connectivity index (χ1) is 14.0. The third kappa shape index (κ3) is 4.04. The SMILES string of the molecule is Cn1nc(N2CCCCC2CNC(=O)Cc2cn(C)c3ccccc23)ccc1=O. The van der Waals surface area contributed by atoms with Crippen LogP contribution in [0.2, 0.25) is 0 Å². The quantitative estimate of drug-likeness (QED) is 0.720. The Morgan fingerprint density at radius 1 is 1.17 bits per heavy atom. The molecule has 7 nitrogen and oxygen atoms in total. The van der Waals surface area contributed by atoms with Crippen molar-refractivity contribution in [1.29, 1.82) is 0 Å².